The first-order valence-electron chi connectivity index (χ1n) is 6.41. The number of anilines is 1. The Balaban J connectivity index is 2.01. The summed E-state index contributed by atoms with van der Waals surface area (Å²) in [6, 6.07) is 11.2. The molecule has 8 nitrogen and oxygen atoms in total. The molecule has 0 aliphatic heterocycles. The smallest absolute Gasteiger partial charge is 0.417 e. The van der Waals surface area contributed by atoms with Gasteiger partial charge < -0.3 is 9.47 Å². The number of non-ortho nitro benzene ring substituents is 1. The van der Waals surface area contributed by atoms with Gasteiger partial charge in [-0.2, -0.15) is 0 Å². The van der Waals surface area contributed by atoms with Crippen LogP contribution in [0.3, 0.4) is 0 Å². The van der Waals surface area contributed by atoms with Crippen molar-refractivity contribution in [2.24, 2.45) is 0 Å². The summed E-state index contributed by atoms with van der Waals surface area (Å²) in [4.78, 5) is 33.1. The lowest BCUT2D eigenvalue weighted by atomic mass is 10.2. The van der Waals surface area contributed by atoms with E-state index in [1.807, 2.05) is 0 Å². The monoisotopic (exact) mass is 316 g/mol. The number of nitro groups is 1. The second-order valence-electron chi connectivity index (χ2n) is 4.34. The molecule has 0 unspecified atom stereocenters. The molecule has 0 fully saturated rings. The predicted molar refractivity (Wildman–Crippen MR) is 80.5 cm³/mol. The number of ether oxygens (including phenoxy) is 2. The fourth-order valence-corrected chi connectivity index (χ4v) is 1.72. The van der Waals surface area contributed by atoms with Gasteiger partial charge in [-0.3, -0.25) is 15.4 Å². The Bertz CT molecular complexity index is 742. The lowest BCUT2D eigenvalue weighted by molar-refractivity contribution is -0.384. The number of hydrogen-bond acceptors (Lipinski definition) is 6. The molecule has 0 radical (unpaired) electrons. The van der Waals surface area contributed by atoms with Gasteiger partial charge in [0.05, 0.1) is 23.3 Å². The summed E-state index contributed by atoms with van der Waals surface area (Å²) in [5.41, 5.74) is 0.402. The number of nitro benzene ring substituents is 1. The molecule has 0 aliphatic rings. The van der Waals surface area contributed by atoms with Gasteiger partial charge in [-0.05, 0) is 30.3 Å². The molecule has 8 heteroatoms. The topological polar surface area (TPSA) is 108 Å². The zero-order valence-electron chi connectivity index (χ0n) is 12.0. The zero-order valence-corrected chi connectivity index (χ0v) is 12.0. The van der Waals surface area contributed by atoms with E-state index < -0.39 is 17.0 Å². The van der Waals surface area contributed by atoms with Crippen LogP contribution in [0.2, 0.25) is 0 Å². The molecule has 0 saturated heterocycles. The quantitative estimate of drug-likeness (QED) is 0.528. The van der Waals surface area contributed by atoms with Crippen LogP contribution < -0.4 is 10.1 Å². The van der Waals surface area contributed by atoms with Crippen molar-refractivity contribution in [1.29, 1.82) is 0 Å². The first-order chi connectivity index (χ1) is 11.0. The van der Waals surface area contributed by atoms with Crippen molar-refractivity contribution in [2.75, 3.05) is 12.4 Å². The number of carbonyl (C=O) groups is 2. The van der Waals surface area contributed by atoms with E-state index in [1.54, 1.807) is 0 Å². The summed E-state index contributed by atoms with van der Waals surface area (Å²) in [5.74, 6) is -0.293. The molecular formula is C15H12N2O6. The molecule has 0 atom stereocenters. The Morgan fingerprint density at radius 3 is 2.43 bits per heavy atom. The van der Waals surface area contributed by atoms with E-state index >= 15 is 0 Å². The number of nitrogens with one attached hydrogen (secondary N) is 1. The summed E-state index contributed by atoms with van der Waals surface area (Å²) in [6.45, 7) is 0. The number of nitrogens with zero attached hydrogens (tertiary/aromatic N) is 1. The number of benzene rings is 2. The predicted octanol–water partition coefficient (Wildman–Crippen LogP) is 2.99. The Kier molecular flexibility index (Phi) is 4.88. The van der Waals surface area contributed by atoms with Crippen molar-refractivity contribution in [2.45, 2.75) is 0 Å². The molecule has 118 valence electrons. The van der Waals surface area contributed by atoms with Crippen LogP contribution in [-0.4, -0.2) is 24.1 Å². The van der Waals surface area contributed by atoms with Gasteiger partial charge in [-0.1, -0.05) is 6.07 Å². The summed E-state index contributed by atoms with van der Waals surface area (Å²) in [7, 11) is 1.26. The van der Waals surface area contributed by atoms with E-state index in [0.29, 0.717) is 5.56 Å². The molecule has 23 heavy (non-hydrogen) atoms. The standard InChI is InChI=1S/C15H12N2O6/c1-22-14(18)10-5-7-13(8-6-10)23-15(19)16-11-3-2-4-12(9-11)17(20)21/h2-9H,1H3,(H,16,19). The number of hydrogen-bond donors (Lipinski definition) is 1. The van der Waals surface area contributed by atoms with Crippen LogP contribution >= 0.6 is 0 Å². The van der Waals surface area contributed by atoms with Crippen LogP contribution in [-0.2, 0) is 4.74 Å². The van der Waals surface area contributed by atoms with Gasteiger partial charge in [-0.15, -0.1) is 0 Å². The highest BCUT2D eigenvalue weighted by atomic mass is 16.6. The van der Waals surface area contributed by atoms with E-state index in [1.165, 1.54) is 55.6 Å². The van der Waals surface area contributed by atoms with Gasteiger partial charge in [0.2, 0.25) is 0 Å². The van der Waals surface area contributed by atoms with Crippen molar-refractivity contribution in [1.82, 2.24) is 0 Å². The zero-order chi connectivity index (χ0) is 16.8. The number of methoxy groups -OCH3 is 1. The van der Waals surface area contributed by atoms with Crippen LogP contribution in [0, 0.1) is 10.1 Å². The molecule has 1 amide bonds. The van der Waals surface area contributed by atoms with Gasteiger partial charge in [0, 0.05) is 12.1 Å². The minimum atomic E-state index is -0.809. The Morgan fingerprint density at radius 2 is 1.83 bits per heavy atom. The lowest BCUT2D eigenvalue weighted by Gasteiger charge is -2.07. The fraction of sp³-hybridized carbons (Fsp3) is 0.0667. The van der Waals surface area contributed by atoms with E-state index in [-0.39, 0.29) is 17.1 Å². The van der Waals surface area contributed by atoms with Crippen molar-refractivity contribution >= 4 is 23.4 Å². The highest BCUT2D eigenvalue weighted by molar-refractivity contribution is 5.90. The maximum atomic E-state index is 11.7. The highest BCUT2D eigenvalue weighted by Gasteiger charge is 2.10. The third-order valence-electron chi connectivity index (χ3n) is 2.79. The molecule has 2 aromatic carbocycles. The van der Waals surface area contributed by atoms with Crippen LogP contribution in [0.4, 0.5) is 16.2 Å². The van der Waals surface area contributed by atoms with E-state index in [9.17, 15) is 19.7 Å². The molecule has 0 bridgehead atoms. The van der Waals surface area contributed by atoms with E-state index in [2.05, 4.69) is 10.1 Å². The molecule has 0 aromatic heterocycles. The maximum absolute atomic E-state index is 11.7. The van der Waals surface area contributed by atoms with Crippen molar-refractivity contribution in [3.63, 3.8) is 0 Å². The molecule has 2 aromatic rings. The summed E-state index contributed by atoms with van der Waals surface area (Å²) < 4.78 is 9.57. The van der Waals surface area contributed by atoms with E-state index in [0.717, 1.165) is 0 Å². The summed E-state index contributed by atoms with van der Waals surface area (Å²) in [6.07, 6.45) is -0.809. The first-order valence-corrected chi connectivity index (χ1v) is 6.41. The Hall–Kier alpha value is -3.42. The van der Waals surface area contributed by atoms with Gasteiger partial charge in [0.15, 0.2) is 0 Å². The Morgan fingerprint density at radius 1 is 1.13 bits per heavy atom. The second kappa shape index (κ2) is 7.03. The SMILES string of the molecule is COC(=O)c1ccc(OC(=O)Nc2cccc([N+](=O)[O-])c2)cc1. The molecule has 0 aliphatic carbocycles. The molecule has 1 N–H and O–H groups in total. The third-order valence-corrected chi connectivity index (χ3v) is 2.79. The molecule has 0 saturated carbocycles. The van der Waals surface area contributed by atoms with Crippen LogP contribution in [0.5, 0.6) is 5.75 Å². The van der Waals surface area contributed by atoms with Gasteiger partial charge in [-0.25, -0.2) is 9.59 Å². The van der Waals surface area contributed by atoms with Crippen molar-refractivity contribution in [3.8, 4) is 5.75 Å². The average Bonchev–Trinajstić information content (AvgIpc) is 2.55. The second-order valence-corrected chi connectivity index (χ2v) is 4.34. The Labute approximate surface area is 130 Å². The normalized spacial score (nSPS) is 9.78. The average molecular weight is 316 g/mol. The first kappa shape index (κ1) is 16.0. The number of rotatable bonds is 4. The third kappa shape index (κ3) is 4.27. The molecular weight excluding hydrogens is 304 g/mol. The van der Waals surface area contributed by atoms with Crippen molar-refractivity contribution < 1.29 is 24.0 Å². The highest BCUT2D eigenvalue weighted by Crippen LogP contribution is 2.18. The number of carbonyl (C=O) groups excluding carboxylic acids is 2. The fourth-order valence-electron chi connectivity index (χ4n) is 1.72. The minimum absolute atomic E-state index is 0.148. The summed E-state index contributed by atoms with van der Waals surface area (Å²) in [5, 5.41) is 13.0. The van der Waals surface area contributed by atoms with Gasteiger partial charge >= 0.3 is 12.1 Å². The van der Waals surface area contributed by atoms with Crippen LogP contribution in [0.1, 0.15) is 10.4 Å². The largest absolute Gasteiger partial charge is 0.465 e. The van der Waals surface area contributed by atoms with E-state index in [4.69, 9.17) is 4.74 Å². The van der Waals surface area contributed by atoms with Crippen LogP contribution in [0.15, 0.2) is 48.5 Å². The molecule has 0 heterocycles. The molecule has 2 rings (SSSR count). The van der Waals surface area contributed by atoms with Crippen LogP contribution in [0.25, 0.3) is 0 Å². The minimum Gasteiger partial charge on any atom is -0.465 e. The van der Waals surface area contributed by atoms with Gasteiger partial charge in [0.25, 0.3) is 5.69 Å². The number of amides is 1. The molecule has 0 spiro atoms. The lowest BCUT2D eigenvalue weighted by Crippen LogP contribution is -2.16. The van der Waals surface area contributed by atoms with Gasteiger partial charge in [0.1, 0.15) is 5.75 Å². The summed E-state index contributed by atoms with van der Waals surface area (Å²) >= 11 is 0. The maximum Gasteiger partial charge on any atom is 0.417 e. The van der Waals surface area contributed by atoms with Crippen molar-refractivity contribution in [3.05, 3.63) is 64.2 Å². The number of esters is 1.